The number of halogens is 1. The van der Waals surface area contributed by atoms with E-state index in [1.807, 2.05) is 35.2 Å². The first-order valence-electron chi connectivity index (χ1n) is 5.17. The van der Waals surface area contributed by atoms with Crippen molar-refractivity contribution in [3.8, 4) is 5.75 Å². The lowest BCUT2D eigenvalue weighted by Gasteiger charge is -2.07. The molecule has 0 saturated carbocycles. The maximum absolute atomic E-state index is 9.97. The molecule has 2 rings (SSSR count). The Bertz CT molecular complexity index is 462. The van der Waals surface area contributed by atoms with Crippen LogP contribution in [0.15, 0.2) is 54.9 Å². The van der Waals surface area contributed by atoms with Gasteiger partial charge in [-0.1, -0.05) is 18.2 Å². The summed E-state index contributed by atoms with van der Waals surface area (Å²) in [5.41, 5.74) is 0.719. The van der Waals surface area contributed by atoms with Crippen LogP contribution in [0.4, 0.5) is 0 Å². The number of phenolic OH excluding ortho intramolecular Hbond substituents is 1. The third-order valence-corrected chi connectivity index (χ3v) is 2.42. The van der Waals surface area contributed by atoms with Gasteiger partial charge in [0.25, 0.3) is 0 Å². The fourth-order valence-corrected chi connectivity index (χ4v) is 1.59. The number of pyridine rings is 1. The molecule has 1 unspecified atom stereocenters. The first-order chi connectivity index (χ1) is 7.75. The molecule has 4 heteroatoms. The molecule has 0 aliphatic carbocycles. The van der Waals surface area contributed by atoms with E-state index in [0.29, 0.717) is 6.54 Å². The Balaban J connectivity index is 0.00000144. The van der Waals surface area contributed by atoms with Gasteiger partial charge in [0.1, 0.15) is 11.9 Å². The first-order valence-corrected chi connectivity index (χ1v) is 5.17. The summed E-state index contributed by atoms with van der Waals surface area (Å²) >= 11 is 0. The van der Waals surface area contributed by atoms with Gasteiger partial charge in [-0.25, -0.2) is 4.57 Å². The largest absolute Gasteiger partial charge is 1.00 e. The van der Waals surface area contributed by atoms with E-state index in [0.717, 1.165) is 5.56 Å². The van der Waals surface area contributed by atoms with E-state index >= 15 is 0 Å². The lowest BCUT2D eigenvalue weighted by Crippen LogP contribution is -3.00. The molecule has 0 fully saturated rings. The minimum Gasteiger partial charge on any atom is -1.00 e. The zero-order valence-corrected chi connectivity index (χ0v) is 10.8. The molecule has 90 valence electrons. The minimum absolute atomic E-state index is 0. The average Bonchev–Trinajstić information content (AvgIpc) is 2.30. The molecule has 3 nitrogen and oxygen atoms in total. The highest BCUT2D eigenvalue weighted by Crippen LogP contribution is 2.17. The molecule has 1 aromatic carbocycles. The lowest BCUT2D eigenvalue weighted by molar-refractivity contribution is -0.704. The van der Waals surface area contributed by atoms with Gasteiger partial charge in [0.2, 0.25) is 0 Å². The van der Waals surface area contributed by atoms with Crippen LogP contribution in [0.3, 0.4) is 0 Å². The van der Waals surface area contributed by atoms with E-state index in [2.05, 4.69) is 0 Å². The van der Waals surface area contributed by atoms with Crippen molar-refractivity contribution in [2.24, 2.45) is 0 Å². The molecule has 0 saturated heterocycles. The van der Waals surface area contributed by atoms with E-state index in [9.17, 15) is 10.2 Å². The van der Waals surface area contributed by atoms with E-state index in [1.54, 1.807) is 24.3 Å². The molecule has 0 radical (unpaired) electrons. The van der Waals surface area contributed by atoms with Gasteiger partial charge in [-0.05, 0) is 17.7 Å². The van der Waals surface area contributed by atoms with Crippen LogP contribution in [0, 0.1) is 0 Å². The topological polar surface area (TPSA) is 44.3 Å². The number of hydrogen-bond acceptors (Lipinski definition) is 2. The molecular formula is C13H14BrNO2. The monoisotopic (exact) mass is 295 g/mol. The highest BCUT2D eigenvalue weighted by Gasteiger charge is 2.12. The van der Waals surface area contributed by atoms with Crippen LogP contribution in [0.1, 0.15) is 11.7 Å². The van der Waals surface area contributed by atoms with Crippen LogP contribution in [0.2, 0.25) is 0 Å². The average molecular weight is 296 g/mol. The van der Waals surface area contributed by atoms with Crippen LogP contribution in [0.5, 0.6) is 5.75 Å². The van der Waals surface area contributed by atoms with Crippen molar-refractivity contribution in [1.82, 2.24) is 0 Å². The molecule has 1 aromatic heterocycles. The van der Waals surface area contributed by atoms with Crippen LogP contribution >= 0.6 is 0 Å². The van der Waals surface area contributed by atoms with Crippen molar-refractivity contribution < 1.29 is 31.8 Å². The summed E-state index contributed by atoms with van der Waals surface area (Å²) in [5.74, 6) is 0.176. The number of benzene rings is 1. The Morgan fingerprint density at radius 3 is 2.41 bits per heavy atom. The predicted molar refractivity (Wildman–Crippen MR) is 59.7 cm³/mol. The first kappa shape index (κ1) is 13.7. The standard InChI is InChI=1S/C13H13NO2.BrH/c15-12-6-4-5-11(9-12)13(16)10-14-7-2-1-3-8-14;/h1-9,13,16H,10H2;1H. The predicted octanol–water partition coefficient (Wildman–Crippen LogP) is -1.58. The minimum atomic E-state index is -0.612. The van der Waals surface area contributed by atoms with Gasteiger partial charge in [0.15, 0.2) is 18.9 Å². The summed E-state index contributed by atoms with van der Waals surface area (Å²) in [6, 6.07) is 12.4. The smallest absolute Gasteiger partial charge is 0.178 e. The van der Waals surface area contributed by atoms with Gasteiger partial charge in [0, 0.05) is 12.1 Å². The fourth-order valence-electron chi connectivity index (χ4n) is 1.59. The molecule has 1 atom stereocenters. The maximum atomic E-state index is 9.97. The number of aliphatic hydroxyl groups is 1. The number of hydrogen-bond donors (Lipinski definition) is 2. The molecule has 0 aliphatic heterocycles. The SMILES string of the molecule is Oc1cccc(C(O)C[n+]2ccccc2)c1.[Br-]. The van der Waals surface area contributed by atoms with Gasteiger partial charge in [-0.15, -0.1) is 0 Å². The summed E-state index contributed by atoms with van der Waals surface area (Å²) in [7, 11) is 0. The Labute approximate surface area is 111 Å². The molecule has 0 amide bonds. The maximum Gasteiger partial charge on any atom is 0.178 e. The Morgan fingerprint density at radius 1 is 1.06 bits per heavy atom. The Kier molecular flexibility index (Phi) is 5.12. The normalized spacial score (nSPS) is 11.6. The van der Waals surface area contributed by atoms with Crippen molar-refractivity contribution in [1.29, 1.82) is 0 Å². The van der Waals surface area contributed by atoms with Crippen molar-refractivity contribution in [3.63, 3.8) is 0 Å². The van der Waals surface area contributed by atoms with Gasteiger partial charge in [-0.2, -0.15) is 0 Å². The van der Waals surface area contributed by atoms with Crippen LogP contribution in [0.25, 0.3) is 0 Å². The molecule has 1 heterocycles. The number of nitrogens with zero attached hydrogens (tertiary/aromatic N) is 1. The molecule has 0 bridgehead atoms. The summed E-state index contributed by atoms with van der Waals surface area (Å²) in [4.78, 5) is 0. The lowest BCUT2D eigenvalue weighted by atomic mass is 10.1. The summed E-state index contributed by atoms with van der Waals surface area (Å²) in [6.45, 7) is 0.476. The second-order valence-corrected chi connectivity index (χ2v) is 3.68. The van der Waals surface area contributed by atoms with Crippen LogP contribution < -0.4 is 21.5 Å². The van der Waals surface area contributed by atoms with Gasteiger partial charge < -0.3 is 27.2 Å². The van der Waals surface area contributed by atoms with Gasteiger partial charge >= 0.3 is 0 Å². The fraction of sp³-hybridized carbons (Fsp3) is 0.154. The molecule has 2 aromatic rings. The Morgan fingerprint density at radius 2 is 1.76 bits per heavy atom. The van der Waals surface area contributed by atoms with Crippen LogP contribution in [-0.4, -0.2) is 10.2 Å². The molecule has 2 N–H and O–H groups in total. The van der Waals surface area contributed by atoms with E-state index in [4.69, 9.17) is 0 Å². The summed E-state index contributed by atoms with van der Waals surface area (Å²) < 4.78 is 1.90. The third kappa shape index (κ3) is 3.84. The van der Waals surface area contributed by atoms with Crippen molar-refractivity contribution in [2.45, 2.75) is 12.6 Å². The summed E-state index contributed by atoms with van der Waals surface area (Å²) in [5, 5.41) is 19.3. The highest BCUT2D eigenvalue weighted by molar-refractivity contribution is 5.28. The second kappa shape index (κ2) is 6.37. The van der Waals surface area contributed by atoms with Crippen LogP contribution in [-0.2, 0) is 6.54 Å². The zero-order valence-electron chi connectivity index (χ0n) is 9.20. The highest BCUT2D eigenvalue weighted by atomic mass is 79.9. The van der Waals surface area contributed by atoms with Crippen molar-refractivity contribution >= 4 is 0 Å². The molecule has 0 spiro atoms. The van der Waals surface area contributed by atoms with E-state index < -0.39 is 6.10 Å². The number of aromatic nitrogens is 1. The number of rotatable bonds is 3. The molecule has 17 heavy (non-hydrogen) atoms. The zero-order chi connectivity index (χ0) is 11.4. The van der Waals surface area contributed by atoms with Gasteiger partial charge in [-0.3, -0.25) is 0 Å². The molecular weight excluding hydrogens is 282 g/mol. The van der Waals surface area contributed by atoms with E-state index in [1.165, 1.54) is 0 Å². The Hall–Kier alpha value is -1.39. The third-order valence-electron chi connectivity index (χ3n) is 2.42. The quantitative estimate of drug-likeness (QED) is 0.671. The van der Waals surface area contributed by atoms with Crippen molar-refractivity contribution in [3.05, 3.63) is 60.4 Å². The van der Waals surface area contributed by atoms with Crippen molar-refractivity contribution in [2.75, 3.05) is 0 Å². The van der Waals surface area contributed by atoms with E-state index in [-0.39, 0.29) is 22.7 Å². The number of phenols is 1. The summed E-state index contributed by atoms with van der Waals surface area (Å²) in [6.07, 6.45) is 3.18. The number of aromatic hydroxyl groups is 1. The second-order valence-electron chi connectivity index (χ2n) is 3.68. The number of aliphatic hydroxyl groups excluding tert-OH is 1. The molecule has 0 aliphatic rings. The van der Waals surface area contributed by atoms with Gasteiger partial charge in [0.05, 0.1) is 0 Å².